The maximum atomic E-state index is 5.06. The van der Waals surface area contributed by atoms with Crippen molar-refractivity contribution in [3.8, 4) is 5.69 Å². The summed E-state index contributed by atoms with van der Waals surface area (Å²) in [5, 5.41) is 8.78. The van der Waals surface area contributed by atoms with Crippen molar-refractivity contribution in [2.24, 2.45) is 9.98 Å². The van der Waals surface area contributed by atoms with Crippen LogP contribution < -0.4 is 5.32 Å². The van der Waals surface area contributed by atoms with E-state index in [1.807, 2.05) is 47.7 Å². The first kappa shape index (κ1) is 25.0. The number of aromatic nitrogens is 1. The number of rotatable bonds is 4. The van der Waals surface area contributed by atoms with Crippen LogP contribution in [0.25, 0.3) is 47.7 Å². The molecule has 1 aliphatic heterocycles. The molecule has 4 nitrogen and oxygen atoms in total. The van der Waals surface area contributed by atoms with E-state index in [4.69, 9.17) is 9.98 Å². The van der Waals surface area contributed by atoms with Gasteiger partial charge in [0.05, 0.1) is 11.0 Å². The van der Waals surface area contributed by atoms with Gasteiger partial charge in [-0.1, -0.05) is 97.1 Å². The first-order valence-electron chi connectivity index (χ1n) is 14.8. The summed E-state index contributed by atoms with van der Waals surface area (Å²) in [4.78, 5) is 10.1. The third-order valence-electron chi connectivity index (χ3n) is 8.47. The van der Waals surface area contributed by atoms with Crippen LogP contribution in [0.5, 0.6) is 0 Å². The van der Waals surface area contributed by atoms with Gasteiger partial charge in [0.15, 0.2) is 5.84 Å². The summed E-state index contributed by atoms with van der Waals surface area (Å²) in [6.07, 6.45) is -0.223. The molecule has 0 spiro atoms. The largest absolute Gasteiger partial charge is 0.344 e. The minimum atomic E-state index is -0.223. The SMILES string of the molecule is c1ccc(C2=NC(c3ccc(-n4c5ccccc5c5c6c(ccc54)sc4ccccc46)cc3)=NC(c3ccccc3)N2)cc1. The van der Waals surface area contributed by atoms with Crippen molar-refractivity contribution in [2.45, 2.75) is 6.17 Å². The molecule has 3 heterocycles. The fourth-order valence-electron chi connectivity index (χ4n) is 6.44. The standard InChI is InChI=1S/C39H26N4S/c1-3-11-25(12-4-1)37-40-38(26-13-5-2-6-14-26)42-39(41-37)27-19-21-28(22-20-27)43-31-17-9-7-15-29(31)35-32(43)23-24-34-36(35)30-16-8-10-18-33(30)44-34/h1-24,37H,(H,40,41,42). The monoisotopic (exact) mass is 582 g/mol. The number of hydrogen-bond donors (Lipinski definition) is 1. The second kappa shape index (κ2) is 10.0. The lowest BCUT2D eigenvalue weighted by atomic mass is 10.1. The maximum absolute atomic E-state index is 5.06. The Kier molecular flexibility index (Phi) is 5.71. The second-order valence-electron chi connectivity index (χ2n) is 11.1. The molecule has 44 heavy (non-hydrogen) atoms. The summed E-state index contributed by atoms with van der Waals surface area (Å²) >= 11 is 1.86. The molecule has 0 bridgehead atoms. The van der Waals surface area contributed by atoms with E-state index in [1.54, 1.807) is 0 Å². The van der Waals surface area contributed by atoms with Gasteiger partial charge in [0.2, 0.25) is 0 Å². The summed E-state index contributed by atoms with van der Waals surface area (Å²) in [6.45, 7) is 0. The Labute approximate surface area is 258 Å². The van der Waals surface area contributed by atoms with Gasteiger partial charge in [-0.05, 0) is 54.1 Å². The summed E-state index contributed by atoms with van der Waals surface area (Å²) in [6, 6.07) is 51.3. The van der Waals surface area contributed by atoms with E-state index in [-0.39, 0.29) is 6.17 Å². The van der Waals surface area contributed by atoms with E-state index in [2.05, 4.69) is 119 Å². The van der Waals surface area contributed by atoms with Gasteiger partial charge in [-0.15, -0.1) is 11.3 Å². The van der Waals surface area contributed by atoms with Gasteiger partial charge >= 0.3 is 0 Å². The highest BCUT2D eigenvalue weighted by molar-refractivity contribution is 7.26. The molecule has 9 rings (SSSR count). The minimum absolute atomic E-state index is 0.223. The molecule has 8 aromatic rings. The van der Waals surface area contributed by atoms with E-state index < -0.39 is 0 Å². The number of benzene rings is 6. The Morgan fingerprint density at radius 3 is 2.07 bits per heavy atom. The zero-order valence-corrected chi connectivity index (χ0v) is 24.5. The molecule has 6 aromatic carbocycles. The third-order valence-corrected chi connectivity index (χ3v) is 9.60. The molecule has 0 fully saturated rings. The number of nitrogens with zero attached hydrogens (tertiary/aromatic N) is 3. The van der Waals surface area contributed by atoms with Crippen LogP contribution >= 0.6 is 11.3 Å². The van der Waals surface area contributed by atoms with Crippen molar-refractivity contribution in [3.63, 3.8) is 0 Å². The van der Waals surface area contributed by atoms with Gasteiger partial charge in [0, 0.05) is 47.8 Å². The topological polar surface area (TPSA) is 41.7 Å². The van der Waals surface area contributed by atoms with Crippen molar-refractivity contribution < 1.29 is 0 Å². The van der Waals surface area contributed by atoms with Crippen molar-refractivity contribution in [1.82, 2.24) is 9.88 Å². The molecule has 208 valence electrons. The molecule has 1 atom stereocenters. The molecule has 0 saturated carbocycles. The molecule has 1 unspecified atom stereocenters. The van der Waals surface area contributed by atoms with Crippen LogP contribution in [-0.4, -0.2) is 16.2 Å². The average Bonchev–Trinajstić information content (AvgIpc) is 3.64. The first-order valence-corrected chi connectivity index (χ1v) is 15.6. The molecule has 0 saturated heterocycles. The number of fused-ring (bicyclic) bond motifs is 7. The van der Waals surface area contributed by atoms with Gasteiger partial charge in [-0.2, -0.15) is 0 Å². The van der Waals surface area contributed by atoms with Gasteiger partial charge in [-0.25, -0.2) is 9.98 Å². The second-order valence-corrected chi connectivity index (χ2v) is 12.2. The molecule has 0 amide bonds. The number of thiophene rings is 1. The van der Waals surface area contributed by atoms with Crippen LogP contribution in [0.4, 0.5) is 0 Å². The number of hydrogen-bond acceptors (Lipinski definition) is 4. The van der Waals surface area contributed by atoms with Gasteiger partial charge < -0.3 is 9.88 Å². The normalized spacial score (nSPS) is 15.0. The smallest absolute Gasteiger partial charge is 0.159 e. The van der Waals surface area contributed by atoms with E-state index in [0.717, 1.165) is 34.0 Å². The highest BCUT2D eigenvalue weighted by atomic mass is 32.1. The van der Waals surface area contributed by atoms with Gasteiger partial charge in [-0.3, -0.25) is 0 Å². The number of nitrogens with one attached hydrogen (secondary N) is 1. The molecule has 5 heteroatoms. The Bertz CT molecular complexity index is 2400. The predicted molar refractivity (Wildman–Crippen MR) is 186 cm³/mol. The van der Waals surface area contributed by atoms with E-state index in [1.165, 1.54) is 42.0 Å². The minimum Gasteiger partial charge on any atom is -0.344 e. The number of amidine groups is 2. The first-order chi connectivity index (χ1) is 21.8. The number of aliphatic imine (C=N–C) groups is 2. The maximum Gasteiger partial charge on any atom is 0.159 e. The Morgan fingerprint density at radius 1 is 0.545 bits per heavy atom. The summed E-state index contributed by atoms with van der Waals surface area (Å²) in [5.74, 6) is 1.54. The van der Waals surface area contributed by atoms with Crippen molar-refractivity contribution in [1.29, 1.82) is 0 Å². The van der Waals surface area contributed by atoms with Crippen LogP contribution in [0.2, 0.25) is 0 Å². The van der Waals surface area contributed by atoms with Crippen LogP contribution in [0.15, 0.2) is 156 Å². The lowest BCUT2D eigenvalue weighted by molar-refractivity contribution is 0.674. The molecule has 1 N–H and O–H groups in total. The highest BCUT2D eigenvalue weighted by Gasteiger charge is 2.22. The Balaban J connectivity index is 1.19. The highest BCUT2D eigenvalue weighted by Crippen LogP contribution is 2.43. The lowest BCUT2D eigenvalue weighted by Crippen LogP contribution is -2.33. The van der Waals surface area contributed by atoms with Crippen molar-refractivity contribution in [2.75, 3.05) is 0 Å². The molecule has 0 radical (unpaired) electrons. The molecular formula is C39H26N4S. The summed E-state index contributed by atoms with van der Waals surface area (Å²) in [7, 11) is 0. The number of para-hydroxylation sites is 1. The van der Waals surface area contributed by atoms with Crippen molar-refractivity contribution >= 4 is 65.0 Å². The van der Waals surface area contributed by atoms with E-state index in [0.29, 0.717) is 0 Å². The Hall–Kier alpha value is -5.52. The Morgan fingerprint density at radius 2 is 1.25 bits per heavy atom. The van der Waals surface area contributed by atoms with Crippen LogP contribution in [-0.2, 0) is 0 Å². The fourth-order valence-corrected chi connectivity index (χ4v) is 7.55. The average molecular weight is 583 g/mol. The third kappa shape index (κ3) is 3.98. The zero-order valence-electron chi connectivity index (χ0n) is 23.7. The quantitative estimate of drug-likeness (QED) is 0.221. The predicted octanol–water partition coefficient (Wildman–Crippen LogP) is 9.65. The summed E-state index contributed by atoms with van der Waals surface area (Å²) < 4.78 is 5.03. The van der Waals surface area contributed by atoms with E-state index in [9.17, 15) is 0 Å². The molecule has 0 aliphatic carbocycles. The van der Waals surface area contributed by atoms with Crippen LogP contribution in [0.1, 0.15) is 22.9 Å². The summed E-state index contributed by atoms with van der Waals surface area (Å²) in [5.41, 5.74) is 6.64. The van der Waals surface area contributed by atoms with Gasteiger partial charge in [0.1, 0.15) is 12.0 Å². The van der Waals surface area contributed by atoms with Crippen molar-refractivity contribution in [3.05, 3.63) is 162 Å². The van der Waals surface area contributed by atoms with Gasteiger partial charge in [0.25, 0.3) is 0 Å². The fraction of sp³-hybridized carbons (Fsp3) is 0.0256. The zero-order chi connectivity index (χ0) is 29.0. The van der Waals surface area contributed by atoms with Crippen LogP contribution in [0.3, 0.4) is 0 Å². The molecule has 2 aromatic heterocycles. The lowest BCUT2D eigenvalue weighted by Gasteiger charge is -2.23. The molecule has 1 aliphatic rings. The molecular weight excluding hydrogens is 557 g/mol. The van der Waals surface area contributed by atoms with Crippen LogP contribution in [0, 0.1) is 0 Å². The van der Waals surface area contributed by atoms with E-state index >= 15 is 0 Å².